The van der Waals surface area contributed by atoms with Gasteiger partial charge in [-0.3, -0.25) is 0 Å². The van der Waals surface area contributed by atoms with E-state index in [0.29, 0.717) is 44.6 Å². The van der Waals surface area contributed by atoms with Gasteiger partial charge in [0.1, 0.15) is 37.0 Å². The van der Waals surface area contributed by atoms with Crippen LogP contribution in [0.15, 0.2) is 31.1 Å². The van der Waals surface area contributed by atoms with Gasteiger partial charge in [-0.05, 0) is 44.5 Å². The summed E-state index contributed by atoms with van der Waals surface area (Å²) in [7, 11) is -2.44. The molecular weight excluding hydrogens is 541 g/mol. The lowest BCUT2D eigenvalue weighted by atomic mass is 9.84. The summed E-state index contributed by atoms with van der Waals surface area (Å²) < 4.78 is 26.6. The highest BCUT2D eigenvalue weighted by Crippen LogP contribution is 2.57. The predicted octanol–water partition coefficient (Wildman–Crippen LogP) is 5.46. The maximum atomic E-state index is 12.3. The molecule has 11 heteroatoms. The predicted molar refractivity (Wildman–Crippen MR) is 164 cm³/mol. The second kappa shape index (κ2) is 11.2. The number of aromatic nitrogens is 3. The fourth-order valence-corrected chi connectivity index (χ4v) is 7.07. The summed E-state index contributed by atoms with van der Waals surface area (Å²) in [6, 6.07) is 6.05. The van der Waals surface area contributed by atoms with Crippen molar-refractivity contribution in [1.29, 1.82) is 0 Å². The maximum absolute atomic E-state index is 12.3. The molecule has 1 aliphatic carbocycles. The zero-order valence-corrected chi connectivity index (χ0v) is 28.0. The topological polar surface area (TPSA) is 90.6 Å². The number of hydrogen-bond donors (Lipinski definition) is 1. The van der Waals surface area contributed by atoms with Gasteiger partial charge in [0.15, 0.2) is 11.6 Å². The molecule has 2 aromatic rings. The van der Waals surface area contributed by atoms with Crippen LogP contribution in [0.4, 0.5) is 5.82 Å². The number of anilines is 1. The minimum absolute atomic E-state index is 0.326. The van der Waals surface area contributed by atoms with Crippen LogP contribution in [0.3, 0.4) is 0 Å². The van der Waals surface area contributed by atoms with Crippen molar-refractivity contribution in [2.24, 2.45) is 5.41 Å². The van der Waals surface area contributed by atoms with E-state index in [1.54, 1.807) is 4.52 Å². The maximum Gasteiger partial charge on any atom is 0.163 e. The minimum Gasteiger partial charge on any atom is -0.381 e. The van der Waals surface area contributed by atoms with Gasteiger partial charge in [0, 0.05) is 34.8 Å². The quantitative estimate of drug-likeness (QED) is 0.142. The molecule has 1 aliphatic heterocycles. The van der Waals surface area contributed by atoms with E-state index < -0.39 is 39.1 Å². The van der Waals surface area contributed by atoms with E-state index >= 15 is 0 Å². The molecule has 2 aromatic heterocycles. The molecule has 3 heterocycles. The van der Waals surface area contributed by atoms with Crippen LogP contribution in [0, 0.1) is 5.41 Å². The van der Waals surface area contributed by atoms with Crippen molar-refractivity contribution in [3.8, 4) is 0 Å². The van der Waals surface area contributed by atoms with Crippen LogP contribution in [0.2, 0.25) is 51.4 Å². The summed E-state index contributed by atoms with van der Waals surface area (Å²) in [4.78, 5) is 6.67. The van der Waals surface area contributed by atoms with Gasteiger partial charge in [0.2, 0.25) is 0 Å². The molecule has 4 atom stereocenters. The van der Waals surface area contributed by atoms with Crippen LogP contribution >= 0.6 is 0 Å². The Bertz CT molecular complexity index is 1170. The summed E-state index contributed by atoms with van der Waals surface area (Å²) in [5.41, 5.74) is -0.373. The van der Waals surface area contributed by atoms with Crippen LogP contribution in [-0.4, -0.2) is 80.5 Å². The number of nitrogens with zero attached hydrogens (tertiary/aromatic N) is 4. The first-order valence-electron chi connectivity index (χ1n) is 14.4. The molecule has 1 N–H and O–H groups in total. The lowest BCUT2D eigenvalue weighted by Gasteiger charge is -2.32. The van der Waals surface area contributed by atoms with Gasteiger partial charge in [0.05, 0.1) is 11.8 Å². The zero-order chi connectivity index (χ0) is 29.6. The van der Waals surface area contributed by atoms with Crippen molar-refractivity contribution in [3.63, 3.8) is 0 Å². The Morgan fingerprint density at radius 1 is 1.02 bits per heavy atom. The lowest BCUT2D eigenvalue weighted by molar-refractivity contribution is -0.189. The number of rotatable bonds is 13. The standard InChI is InChI=1S/C29H50N4O5Si2/c1-11-28(4)18-29(34,25-24(28)37-27(2,3)38-25)23-13-12-22-26(30-19-31-33(22)23)32(20-35-14-16-39(5,6)7)21-36-15-17-40(8,9)10/h11-13,19,24-25,34H,1,14-18,20-21H2,2-10H3/t24-,25+,28-,29+/m0/s1. The molecule has 40 heavy (non-hydrogen) atoms. The van der Waals surface area contributed by atoms with Crippen LogP contribution in [0.25, 0.3) is 5.52 Å². The zero-order valence-electron chi connectivity index (χ0n) is 26.0. The van der Waals surface area contributed by atoms with Gasteiger partial charge in [-0.15, -0.1) is 6.58 Å². The number of ether oxygens (including phenoxy) is 4. The van der Waals surface area contributed by atoms with E-state index in [-0.39, 0.29) is 6.10 Å². The van der Waals surface area contributed by atoms with E-state index in [2.05, 4.69) is 62.9 Å². The Kier molecular flexibility index (Phi) is 8.80. The molecule has 224 valence electrons. The summed E-state index contributed by atoms with van der Waals surface area (Å²) in [6.45, 7) is 26.1. The Hall–Kier alpha value is -1.61. The third kappa shape index (κ3) is 6.72. The molecular formula is C29H50N4O5Si2. The first kappa shape index (κ1) is 31.3. The average Bonchev–Trinajstić information content (AvgIpc) is 3.48. The van der Waals surface area contributed by atoms with Gasteiger partial charge >= 0.3 is 0 Å². The fourth-order valence-electron chi connectivity index (χ4n) is 5.56. The highest BCUT2D eigenvalue weighted by atomic mass is 28.3. The average molecular weight is 591 g/mol. The minimum atomic E-state index is -1.33. The highest BCUT2D eigenvalue weighted by Gasteiger charge is 2.66. The Morgan fingerprint density at radius 3 is 2.15 bits per heavy atom. The van der Waals surface area contributed by atoms with E-state index in [1.165, 1.54) is 6.33 Å². The second-order valence-corrected chi connectivity index (χ2v) is 25.9. The fraction of sp³-hybridized carbons (Fsp3) is 0.724. The molecule has 4 rings (SSSR count). The largest absolute Gasteiger partial charge is 0.381 e. The third-order valence-electron chi connectivity index (χ3n) is 8.00. The van der Waals surface area contributed by atoms with Crippen molar-refractivity contribution >= 4 is 27.5 Å². The van der Waals surface area contributed by atoms with Gasteiger partial charge in [-0.1, -0.05) is 52.3 Å². The number of aliphatic hydroxyl groups is 1. The summed E-state index contributed by atoms with van der Waals surface area (Å²) >= 11 is 0. The lowest BCUT2D eigenvalue weighted by Crippen LogP contribution is -2.40. The molecule has 0 spiro atoms. The van der Waals surface area contributed by atoms with Crippen molar-refractivity contribution in [3.05, 3.63) is 36.8 Å². The molecule has 2 fully saturated rings. The van der Waals surface area contributed by atoms with Crippen LogP contribution in [0.1, 0.15) is 32.9 Å². The van der Waals surface area contributed by atoms with Crippen LogP contribution in [0.5, 0.6) is 0 Å². The molecule has 0 unspecified atom stereocenters. The van der Waals surface area contributed by atoms with E-state index in [4.69, 9.17) is 18.9 Å². The van der Waals surface area contributed by atoms with Crippen LogP contribution in [-0.2, 0) is 24.5 Å². The molecule has 1 saturated carbocycles. The summed E-state index contributed by atoms with van der Waals surface area (Å²) in [5, 5.41) is 16.8. The van der Waals surface area contributed by atoms with Crippen molar-refractivity contribution in [2.45, 2.75) is 102 Å². The van der Waals surface area contributed by atoms with E-state index in [0.717, 1.165) is 17.6 Å². The van der Waals surface area contributed by atoms with Crippen molar-refractivity contribution in [1.82, 2.24) is 14.6 Å². The second-order valence-electron chi connectivity index (χ2n) is 14.6. The monoisotopic (exact) mass is 590 g/mol. The number of hydrogen-bond acceptors (Lipinski definition) is 8. The Balaban J connectivity index is 1.64. The molecule has 9 nitrogen and oxygen atoms in total. The van der Waals surface area contributed by atoms with Gasteiger partial charge < -0.3 is 29.0 Å². The Morgan fingerprint density at radius 2 is 1.60 bits per heavy atom. The van der Waals surface area contributed by atoms with Crippen molar-refractivity contribution < 1.29 is 24.1 Å². The molecule has 0 amide bonds. The Labute approximate surface area is 241 Å². The molecule has 1 saturated heterocycles. The van der Waals surface area contributed by atoms with Gasteiger partial charge in [-0.2, -0.15) is 5.10 Å². The summed E-state index contributed by atoms with van der Waals surface area (Å²) in [5.74, 6) is -0.103. The first-order valence-corrected chi connectivity index (χ1v) is 21.8. The van der Waals surface area contributed by atoms with E-state index in [9.17, 15) is 5.11 Å². The van der Waals surface area contributed by atoms with Gasteiger partial charge in [0.25, 0.3) is 0 Å². The van der Waals surface area contributed by atoms with Gasteiger partial charge in [-0.25, -0.2) is 9.50 Å². The highest BCUT2D eigenvalue weighted by molar-refractivity contribution is 6.76. The smallest absolute Gasteiger partial charge is 0.163 e. The van der Waals surface area contributed by atoms with Crippen molar-refractivity contribution in [2.75, 3.05) is 31.6 Å². The molecule has 0 bridgehead atoms. The third-order valence-corrected chi connectivity index (χ3v) is 11.4. The molecule has 0 aromatic carbocycles. The van der Waals surface area contributed by atoms with Crippen LogP contribution < -0.4 is 4.90 Å². The first-order chi connectivity index (χ1) is 18.5. The SMILES string of the molecule is C=C[C@@]1(C)C[C@@](O)(c2ccc3c(N(COCC[Si](C)(C)C)COCC[Si](C)(C)C)ncnn23)[C@@H]2OC(C)(C)O[C@@H]21. The van der Waals surface area contributed by atoms with E-state index in [1.807, 2.05) is 37.0 Å². The summed E-state index contributed by atoms with van der Waals surface area (Å²) in [6.07, 6.45) is 2.92. The molecule has 2 aliphatic rings. The number of fused-ring (bicyclic) bond motifs is 2. The normalized spacial score (nSPS) is 28.2. The molecule has 0 radical (unpaired) electrons.